The molecule has 1 aliphatic rings. The molecule has 0 spiro atoms. The highest BCUT2D eigenvalue weighted by atomic mass is 16.3. The molecule has 2 N–H and O–H groups in total. The highest BCUT2D eigenvalue weighted by molar-refractivity contribution is 5.28. The zero-order chi connectivity index (χ0) is 10.7. The van der Waals surface area contributed by atoms with Crippen LogP contribution in [0.5, 0.6) is 5.75 Å². The molecule has 1 aromatic carbocycles. The summed E-state index contributed by atoms with van der Waals surface area (Å²) in [5.41, 5.74) is 1.16. The molecular formula is C13H19NO. The lowest BCUT2D eigenvalue weighted by Crippen LogP contribution is -2.20. The van der Waals surface area contributed by atoms with Gasteiger partial charge in [0.15, 0.2) is 0 Å². The van der Waals surface area contributed by atoms with Crippen LogP contribution in [0, 0.1) is 5.92 Å². The van der Waals surface area contributed by atoms with E-state index in [9.17, 15) is 5.11 Å². The van der Waals surface area contributed by atoms with Crippen molar-refractivity contribution >= 4 is 0 Å². The van der Waals surface area contributed by atoms with Gasteiger partial charge in [0.2, 0.25) is 0 Å². The summed E-state index contributed by atoms with van der Waals surface area (Å²) in [4.78, 5) is 0. The third-order valence-corrected chi connectivity index (χ3v) is 3.07. The number of phenols is 1. The fraction of sp³-hybridized carbons (Fsp3) is 0.538. The van der Waals surface area contributed by atoms with E-state index in [1.165, 1.54) is 19.3 Å². The number of rotatable bonds is 5. The molecule has 0 saturated heterocycles. The fourth-order valence-corrected chi connectivity index (χ4v) is 1.82. The molecule has 0 bridgehead atoms. The van der Waals surface area contributed by atoms with Crippen LogP contribution in [0.3, 0.4) is 0 Å². The molecule has 0 aliphatic heterocycles. The minimum atomic E-state index is 0.329. The largest absolute Gasteiger partial charge is 0.508 e. The molecule has 0 heterocycles. The molecule has 1 saturated carbocycles. The van der Waals surface area contributed by atoms with Crippen LogP contribution in [-0.4, -0.2) is 11.7 Å². The number of hydrogen-bond acceptors (Lipinski definition) is 2. The second-order valence-electron chi connectivity index (χ2n) is 4.50. The molecule has 1 unspecified atom stereocenters. The number of nitrogens with one attached hydrogen (secondary N) is 1. The Morgan fingerprint density at radius 1 is 1.47 bits per heavy atom. The third-order valence-electron chi connectivity index (χ3n) is 3.07. The van der Waals surface area contributed by atoms with E-state index in [0.717, 1.165) is 18.0 Å². The highest BCUT2D eigenvalue weighted by Crippen LogP contribution is 2.32. The smallest absolute Gasteiger partial charge is 0.115 e. The van der Waals surface area contributed by atoms with E-state index >= 15 is 0 Å². The van der Waals surface area contributed by atoms with E-state index in [4.69, 9.17) is 0 Å². The van der Waals surface area contributed by atoms with E-state index in [1.54, 1.807) is 6.07 Å². The zero-order valence-electron chi connectivity index (χ0n) is 9.24. The molecule has 1 fully saturated rings. The van der Waals surface area contributed by atoms with Crippen molar-refractivity contribution in [2.75, 3.05) is 6.54 Å². The van der Waals surface area contributed by atoms with Crippen LogP contribution in [0.4, 0.5) is 0 Å². The first-order valence-electron chi connectivity index (χ1n) is 5.78. The Morgan fingerprint density at radius 2 is 2.27 bits per heavy atom. The molecule has 1 aromatic rings. The maximum atomic E-state index is 9.36. The Bertz CT molecular complexity index is 320. The second-order valence-corrected chi connectivity index (χ2v) is 4.50. The van der Waals surface area contributed by atoms with Gasteiger partial charge in [-0.1, -0.05) is 25.0 Å². The Morgan fingerprint density at radius 3 is 2.93 bits per heavy atom. The lowest BCUT2D eigenvalue weighted by molar-refractivity contribution is 0.471. The molecule has 0 aromatic heterocycles. The Labute approximate surface area is 91.3 Å². The van der Waals surface area contributed by atoms with E-state index in [-0.39, 0.29) is 0 Å². The summed E-state index contributed by atoms with van der Waals surface area (Å²) < 4.78 is 0. The molecule has 82 valence electrons. The molecular weight excluding hydrogens is 186 g/mol. The van der Waals surface area contributed by atoms with Crippen LogP contribution in [-0.2, 0) is 0 Å². The summed E-state index contributed by atoms with van der Waals surface area (Å²) in [5.74, 6) is 1.33. The monoisotopic (exact) mass is 205 g/mol. The van der Waals surface area contributed by atoms with Crippen LogP contribution in [0.15, 0.2) is 24.3 Å². The number of hydrogen-bond donors (Lipinski definition) is 2. The van der Waals surface area contributed by atoms with E-state index in [2.05, 4.69) is 18.3 Å². The predicted molar refractivity (Wildman–Crippen MR) is 61.9 cm³/mol. The van der Waals surface area contributed by atoms with Gasteiger partial charge in [0.05, 0.1) is 0 Å². The summed E-state index contributed by atoms with van der Waals surface area (Å²) in [6, 6.07) is 7.81. The van der Waals surface area contributed by atoms with Crippen molar-refractivity contribution in [2.45, 2.75) is 32.2 Å². The Balaban J connectivity index is 1.80. The van der Waals surface area contributed by atoms with Gasteiger partial charge in [-0.25, -0.2) is 0 Å². The van der Waals surface area contributed by atoms with Crippen molar-refractivity contribution in [2.24, 2.45) is 5.92 Å². The first-order valence-corrected chi connectivity index (χ1v) is 5.78. The molecule has 2 nitrogen and oxygen atoms in total. The minimum Gasteiger partial charge on any atom is -0.508 e. The quantitative estimate of drug-likeness (QED) is 0.774. The van der Waals surface area contributed by atoms with Gasteiger partial charge in [0.1, 0.15) is 5.75 Å². The number of phenolic OH excluding ortho intramolecular Hbond substituents is 1. The summed E-state index contributed by atoms with van der Waals surface area (Å²) in [6.07, 6.45) is 4.13. The van der Waals surface area contributed by atoms with Crippen LogP contribution < -0.4 is 5.32 Å². The highest BCUT2D eigenvalue weighted by Gasteiger charge is 2.20. The maximum absolute atomic E-state index is 9.36. The SMILES string of the molecule is CC(NCCC1CC1)c1cccc(O)c1. The molecule has 1 atom stereocenters. The van der Waals surface area contributed by atoms with Gasteiger partial charge in [-0.05, 0) is 43.5 Å². The van der Waals surface area contributed by atoms with Gasteiger partial charge in [-0.2, -0.15) is 0 Å². The Hall–Kier alpha value is -1.02. The first kappa shape index (κ1) is 10.5. The van der Waals surface area contributed by atoms with Gasteiger partial charge >= 0.3 is 0 Å². The normalized spacial score (nSPS) is 17.7. The molecule has 15 heavy (non-hydrogen) atoms. The van der Waals surface area contributed by atoms with Gasteiger partial charge in [-0.15, -0.1) is 0 Å². The van der Waals surface area contributed by atoms with Crippen molar-refractivity contribution in [1.82, 2.24) is 5.32 Å². The zero-order valence-corrected chi connectivity index (χ0v) is 9.24. The summed E-state index contributed by atoms with van der Waals surface area (Å²) in [5, 5.41) is 12.8. The van der Waals surface area contributed by atoms with Crippen molar-refractivity contribution in [3.8, 4) is 5.75 Å². The van der Waals surface area contributed by atoms with Gasteiger partial charge in [0.25, 0.3) is 0 Å². The third kappa shape index (κ3) is 3.24. The maximum Gasteiger partial charge on any atom is 0.115 e. The second kappa shape index (κ2) is 4.67. The fourth-order valence-electron chi connectivity index (χ4n) is 1.82. The van der Waals surface area contributed by atoms with Crippen LogP contribution in [0.1, 0.15) is 37.8 Å². The van der Waals surface area contributed by atoms with Gasteiger partial charge in [0, 0.05) is 6.04 Å². The lowest BCUT2D eigenvalue weighted by atomic mass is 10.1. The van der Waals surface area contributed by atoms with E-state index in [1.807, 2.05) is 12.1 Å². The van der Waals surface area contributed by atoms with E-state index < -0.39 is 0 Å². The first-order chi connectivity index (χ1) is 7.25. The van der Waals surface area contributed by atoms with E-state index in [0.29, 0.717) is 11.8 Å². The molecule has 2 rings (SSSR count). The Kier molecular flexibility index (Phi) is 3.27. The number of benzene rings is 1. The van der Waals surface area contributed by atoms with Crippen LogP contribution in [0.2, 0.25) is 0 Å². The summed E-state index contributed by atoms with van der Waals surface area (Å²) in [7, 11) is 0. The van der Waals surface area contributed by atoms with Crippen molar-refractivity contribution < 1.29 is 5.11 Å². The van der Waals surface area contributed by atoms with Crippen molar-refractivity contribution in [3.05, 3.63) is 29.8 Å². The average Bonchev–Trinajstić information content (AvgIpc) is 3.01. The minimum absolute atomic E-state index is 0.329. The van der Waals surface area contributed by atoms with Gasteiger partial charge < -0.3 is 10.4 Å². The average molecular weight is 205 g/mol. The standard InChI is InChI=1S/C13H19NO/c1-10(14-8-7-11-5-6-11)12-3-2-4-13(15)9-12/h2-4,9-11,14-15H,5-8H2,1H3. The molecule has 0 amide bonds. The summed E-state index contributed by atoms with van der Waals surface area (Å²) in [6.45, 7) is 3.23. The molecule has 2 heteroatoms. The molecule has 1 aliphatic carbocycles. The van der Waals surface area contributed by atoms with Crippen molar-refractivity contribution in [1.29, 1.82) is 0 Å². The van der Waals surface area contributed by atoms with Gasteiger partial charge in [-0.3, -0.25) is 0 Å². The summed E-state index contributed by atoms with van der Waals surface area (Å²) >= 11 is 0. The topological polar surface area (TPSA) is 32.3 Å². The lowest BCUT2D eigenvalue weighted by Gasteiger charge is -2.14. The number of aromatic hydroxyl groups is 1. The van der Waals surface area contributed by atoms with Crippen molar-refractivity contribution in [3.63, 3.8) is 0 Å². The molecule has 0 radical (unpaired) electrons. The predicted octanol–water partition coefficient (Wildman–Crippen LogP) is 2.84. The van der Waals surface area contributed by atoms with Crippen LogP contribution in [0.25, 0.3) is 0 Å². The van der Waals surface area contributed by atoms with Crippen LogP contribution >= 0.6 is 0 Å².